The molecule has 2 aromatic rings. The third kappa shape index (κ3) is 2.58. The van der Waals surface area contributed by atoms with Crippen molar-refractivity contribution in [1.29, 1.82) is 0 Å². The van der Waals surface area contributed by atoms with Crippen LogP contribution in [0.1, 0.15) is 30.5 Å². The van der Waals surface area contributed by atoms with Crippen LogP contribution in [0.4, 0.5) is 23.7 Å². The molecule has 2 atom stereocenters. The minimum atomic E-state index is -4.59. The van der Waals surface area contributed by atoms with Crippen LogP contribution in [0, 0.1) is 0 Å². The van der Waals surface area contributed by atoms with Crippen LogP contribution in [-0.2, 0) is 6.18 Å². The summed E-state index contributed by atoms with van der Waals surface area (Å²) in [6.07, 6.45) is -4.30. The SMILES string of the molecule is CC12CC(NC(=O)N1c1ccccc1C(F)(F)F)c1cc(Cl)ccc1O2. The second-order valence-electron chi connectivity index (χ2n) is 6.52. The topological polar surface area (TPSA) is 41.6 Å². The number of halogens is 4. The summed E-state index contributed by atoms with van der Waals surface area (Å²) < 4.78 is 46.3. The quantitative estimate of drug-likeness (QED) is 0.743. The lowest BCUT2D eigenvalue weighted by Gasteiger charge is -2.51. The molecule has 0 aromatic heterocycles. The number of alkyl halides is 3. The van der Waals surface area contributed by atoms with Gasteiger partial charge >= 0.3 is 12.2 Å². The van der Waals surface area contributed by atoms with Crippen LogP contribution < -0.4 is 15.0 Å². The molecular formula is C18H14ClF3N2O2. The fraction of sp³-hybridized carbons (Fsp3) is 0.278. The number of nitrogens with zero attached hydrogens (tertiary/aromatic N) is 1. The molecule has 1 saturated heterocycles. The first-order valence-electron chi connectivity index (χ1n) is 7.94. The van der Waals surface area contributed by atoms with Gasteiger partial charge in [0.25, 0.3) is 0 Å². The Kier molecular flexibility index (Phi) is 3.63. The maximum Gasteiger partial charge on any atom is 0.418 e. The number of hydrogen-bond acceptors (Lipinski definition) is 2. The molecule has 2 aliphatic rings. The van der Waals surface area contributed by atoms with Crippen molar-refractivity contribution in [3.8, 4) is 5.75 Å². The van der Waals surface area contributed by atoms with E-state index >= 15 is 0 Å². The molecule has 2 amide bonds. The number of urea groups is 1. The maximum atomic E-state index is 13.4. The molecule has 0 spiro atoms. The Bertz CT molecular complexity index is 902. The Morgan fingerprint density at radius 2 is 2.00 bits per heavy atom. The molecule has 2 heterocycles. The summed E-state index contributed by atoms with van der Waals surface area (Å²) in [4.78, 5) is 13.8. The van der Waals surface area contributed by atoms with Crippen molar-refractivity contribution in [3.05, 3.63) is 58.6 Å². The predicted octanol–water partition coefficient (Wildman–Crippen LogP) is 5.13. The molecule has 2 aromatic carbocycles. The first-order chi connectivity index (χ1) is 12.2. The van der Waals surface area contributed by atoms with Crippen LogP contribution in [0.15, 0.2) is 42.5 Å². The number of nitrogens with one attached hydrogen (secondary N) is 1. The minimum Gasteiger partial charge on any atom is -0.467 e. The number of para-hydroxylation sites is 1. The van der Waals surface area contributed by atoms with Gasteiger partial charge in [0.15, 0.2) is 5.72 Å². The van der Waals surface area contributed by atoms with E-state index in [-0.39, 0.29) is 18.2 Å². The van der Waals surface area contributed by atoms with E-state index < -0.39 is 23.5 Å². The lowest BCUT2D eigenvalue weighted by atomic mass is 9.90. The summed E-state index contributed by atoms with van der Waals surface area (Å²) >= 11 is 6.02. The van der Waals surface area contributed by atoms with Crippen molar-refractivity contribution in [1.82, 2.24) is 5.32 Å². The van der Waals surface area contributed by atoms with E-state index in [1.165, 1.54) is 18.2 Å². The van der Waals surface area contributed by atoms with Gasteiger partial charge in [-0.15, -0.1) is 0 Å². The van der Waals surface area contributed by atoms with E-state index in [4.69, 9.17) is 16.3 Å². The number of amides is 2. The molecule has 2 bridgehead atoms. The van der Waals surface area contributed by atoms with Gasteiger partial charge in [-0.3, -0.25) is 4.90 Å². The lowest BCUT2D eigenvalue weighted by Crippen LogP contribution is -2.65. The standard InChI is InChI=1S/C18H14ClF3N2O2/c1-17-9-13(11-8-10(19)6-7-15(11)26-17)23-16(25)24(17)14-5-3-2-4-12(14)18(20,21)22/h2-8,13H,9H2,1H3,(H,23,25). The number of benzene rings is 2. The largest absolute Gasteiger partial charge is 0.467 e. The Balaban J connectivity index is 1.84. The molecule has 136 valence electrons. The van der Waals surface area contributed by atoms with E-state index in [1.54, 1.807) is 25.1 Å². The summed E-state index contributed by atoms with van der Waals surface area (Å²) in [5.74, 6) is 0.489. The van der Waals surface area contributed by atoms with Gasteiger partial charge in [-0.1, -0.05) is 23.7 Å². The first-order valence-corrected chi connectivity index (χ1v) is 8.32. The lowest BCUT2D eigenvalue weighted by molar-refractivity contribution is -0.137. The molecule has 1 N–H and O–H groups in total. The van der Waals surface area contributed by atoms with E-state index in [2.05, 4.69) is 5.32 Å². The molecule has 0 saturated carbocycles. The molecule has 2 aliphatic heterocycles. The van der Waals surface area contributed by atoms with Crippen molar-refractivity contribution in [2.75, 3.05) is 4.90 Å². The minimum absolute atomic E-state index is 0.240. The maximum absolute atomic E-state index is 13.4. The highest BCUT2D eigenvalue weighted by Crippen LogP contribution is 2.48. The van der Waals surface area contributed by atoms with Crippen LogP contribution in [-0.4, -0.2) is 11.8 Å². The third-order valence-electron chi connectivity index (χ3n) is 4.68. The Morgan fingerprint density at radius 3 is 2.73 bits per heavy atom. The molecule has 2 unspecified atom stereocenters. The second kappa shape index (κ2) is 5.54. The Hall–Kier alpha value is -2.41. The van der Waals surface area contributed by atoms with Gasteiger partial charge in [-0.2, -0.15) is 13.2 Å². The molecule has 4 nitrogen and oxygen atoms in total. The van der Waals surface area contributed by atoms with Crippen molar-refractivity contribution < 1.29 is 22.7 Å². The molecule has 8 heteroatoms. The van der Waals surface area contributed by atoms with Crippen LogP contribution in [0.2, 0.25) is 5.02 Å². The van der Waals surface area contributed by atoms with Crippen molar-refractivity contribution in [2.45, 2.75) is 31.3 Å². The van der Waals surface area contributed by atoms with Gasteiger partial charge in [0, 0.05) is 17.0 Å². The van der Waals surface area contributed by atoms with Crippen LogP contribution in [0.3, 0.4) is 0 Å². The highest BCUT2D eigenvalue weighted by Gasteiger charge is 2.51. The molecule has 4 rings (SSSR count). The van der Waals surface area contributed by atoms with Crippen molar-refractivity contribution in [2.24, 2.45) is 0 Å². The number of fused-ring (bicyclic) bond motifs is 4. The zero-order valence-electron chi connectivity index (χ0n) is 13.6. The van der Waals surface area contributed by atoms with Gasteiger partial charge in [0.05, 0.1) is 17.3 Å². The van der Waals surface area contributed by atoms with Crippen molar-refractivity contribution in [3.63, 3.8) is 0 Å². The number of hydrogen-bond donors (Lipinski definition) is 1. The summed E-state index contributed by atoms with van der Waals surface area (Å²) in [6, 6.07) is 8.94. The highest BCUT2D eigenvalue weighted by atomic mass is 35.5. The second-order valence-corrected chi connectivity index (χ2v) is 6.95. The average Bonchev–Trinajstić information content (AvgIpc) is 2.54. The third-order valence-corrected chi connectivity index (χ3v) is 4.92. The zero-order chi connectivity index (χ0) is 18.7. The molecule has 26 heavy (non-hydrogen) atoms. The first kappa shape index (κ1) is 17.0. The summed E-state index contributed by atoms with van der Waals surface area (Å²) in [7, 11) is 0. The average molecular weight is 383 g/mol. The van der Waals surface area contributed by atoms with Gasteiger partial charge in [0.1, 0.15) is 5.75 Å². The van der Waals surface area contributed by atoms with Crippen LogP contribution in [0.5, 0.6) is 5.75 Å². The monoisotopic (exact) mass is 382 g/mol. The summed E-state index contributed by atoms with van der Waals surface area (Å²) in [5, 5.41) is 3.26. The molecule has 1 fully saturated rings. The van der Waals surface area contributed by atoms with E-state index in [0.29, 0.717) is 16.3 Å². The van der Waals surface area contributed by atoms with Gasteiger partial charge < -0.3 is 10.1 Å². The number of carbonyl (C=O) groups excluding carboxylic acids is 1. The number of rotatable bonds is 1. The number of anilines is 1. The summed E-state index contributed by atoms with van der Waals surface area (Å²) in [6.45, 7) is 1.61. The van der Waals surface area contributed by atoms with E-state index in [1.807, 2.05) is 0 Å². The van der Waals surface area contributed by atoms with E-state index in [0.717, 1.165) is 11.0 Å². The molecule has 0 aliphatic carbocycles. The normalized spacial score (nSPS) is 24.6. The van der Waals surface area contributed by atoms with Crippen LogP contribution in [0.25, 0.3) is 0 Å². The number of ether oxygens (including phenoxy) is 1. The fourth-order valence-electron chi connectivity index (χ4n) is 3.62. The van der Waals surface area contributed by atoms with Gasteiger partial charge in [0.2, 0.25) is 0 Å². The van der Waals surface area contributed by atoms with Gasteiger partial charge in [-0.05, 0) is 37.3 Å². The Labute approximate surface area is 152 Å². The van der Waals surface area contributed by atoms with Crippen molar-refractivity contribution >= 4 is 23.3 Å². The highest BCUT2D eigenvalue weighted by molar-refractivity contribution is 6.30. The fourth-order valence-corrected chi connectivity index (χ4v) is 3.80. The van der Waals surface area contributed by atoms with E-state index in [9.17, 15) is 18.0 Å². The summed E-state index contributed by atoms with van der Waals surface area (Å²) in [5.41, 5.74) is -1.67. The smallest absolute Gasteiger partial charge is 0.418 e. The van der Waals surface area contributed by atoms with Crippen LogP contribution >= 0.6 is 11.6 Å². The van der Waals surface area contributed by atoms with Gasteiger partial charge in [-0.25, -0.2) is 4.79 Å². The zero-order valence-corrected chi connectivity index (χ0v) is 14.4. The molecular weight excluding hydrogens is 369 g/mol. The molecule has 0 radical (unpaired) electrons. The predicted molar refractivity (Wildman–Crippen MR) is 90.3 cm³/mol. The Morgan fingerprint density at radius 1 is 1.27 bits per heavy atom. The number of carbonyl (C=O) groups is 1.